The summed E-state index contributed by atoms with van der Waals surface area (Å²) in [6, 6.07) is 19.2. The fraction of sp³-hybridized carbons (Fsp3) is 0.263. The number of rotatable bonds is 5. The second-order valence-electron chi connectivity index (χ2n) is 5.44. The first-order valence-corrected chi connectivity index (χ1v) is 7.60. The van der Waals surface area contributed by atoms with E-state index in [1.807, 2.05) is 0 Å². The van der Waals surface area contributed by atoms with Crippen molar-refractivity contribution in [2.45, 2.75) is 26.3 Å². The highest BCUT2D eigenvalue weighted by Gasteiger charge is 2.11. The molecule has 21 heavy (non-hydrogen) atoms. The van der Waals surface area contributed by atoms with Crippen molar-refractivity contribution in [3.8, 4) is 11.3 Å². The van der Waals surface area contributed by atoms with Crippen LogP contribution in [0.3, 0.4) is 0 Å². The minimum atomic E-state index is 0.249. The van der Waals surface area contributed by atoms with Gasteiger partial charge in [-0.2, -0.15) is 0 Å². The Morgan fingerprint density at radius 3 is 2.62 bits per heavy atom. The van der Waals surface area contributed by atoms with E-state index in [4.69, 9.17) is 4.42 Å². The molecule has 2 nitrogen and oxygen atoms in total. The summed E-state index contributed by atoms with van der Waals surface area (Å²) in [4.78, 5) is 0. The molecule has 2 aromatic carbocycles. The molecule has 2 heteroatoms. The van der Waals surface area contributed by atoms with E-state index in [-0.39, 0.29) is 6.04 Å². The quantitative estimate of drug-likeness (QED) is 0.697. The van der Waals surface area contributed by atoms with Crippen LogP contribution < -0.4 is 5.32 Å². The van der Waals surface area contributed by atoms with Crippen molar-refractivity contribution < 1.29 is 4.42 Å². The van der Waals surface area contributed by atoms with Crippen molar-refractivity contribution in [2.24, 2.45) is 0 Å². The summed E-state index contributed by atoms with van der Waals surface area (Å²) in [7, 11) is 0. The zero-order chi connectivity index (χ0) is 14.7. The van der Waals surface area contributed by atoms with E-state index in [2.05, 4.69) is 73.8 Å². The molecule has 0 bridgehead atoms. The molecule has 0 aliphatic rings. The van der Waals surface area contributed by atoms with Gasteiger partial charge in [0.05, 0.1) is 6.04 Å². The molecule has 0 saturated heterocycles. The van der Waals surface area contributed by atoms with Gasteiger partial charge in [0.15, 0.2) is 0 Å². The maximum atomic E-state index is 6.01. The van der Waals surface area contributed by atoms with Crippen LogP contribution in [0.4, 0.5) is 0 Å². The lowest BCUT2D eigenvalue weighted by Crippen LogP contribution is -2.18. The van der Waals surface area contributed by atoms with Crippen LogP contribution in [0.15, 0.2) is 59.0 Å². The number of fused-ring (bicyclic) bond motifs is 1. The van der Waals surface area contributed by atoms with Crippen LogP contribution in [-0.4, -0.2) is 6.54 Å². The van der Waals surface area contributed by atoms with Crippen molar-refractivity contribution >= 4 is 10.8 Å². The van der Waals surface area contributed by atoms with Gasteiger partial charge in [-0.3, -0.25) is 0 Å². The van der Waals surface area contributed by atoms with Gasteiger partial charge in [-0.15, -0.1) is 0 Å². The molecule has 3 aromatic rings. The Bertz CT molecular complexity index is 729. The summed E-state index contributed by atoms with van der Waals surface area (Å²) in [5.74, 6) is 1.92. The van der Waals surface area contributed by atoms with Gasteiger partial charge >= 0.3 is 0 Å². The van der Waals surface area contributed by atoms with Gasteiger partial charge in [-0.25, -0.2) is 0 Å². The molecule has 0 saturated carbocycles. The highest BCUT2D eigenvalue weighted by Crippen LogP contribution is 2.28. The van der Waals surface area contributed by atoms with E-state index >= 15 is 0 Å². The third-order valence-corrected chi connectivity index (χ3v) is 3.79. The molecule has 0 aliphatic heterocycles. The monoisotopic (exact) mass is 279 g/mol. The highest BCUT2D eigenvalue weighted by molar-refractivity contribution is 5.86. The number of benzene rings is 2. The van der Waals surface area contributed by atoms with Gasteiger partial charge in [0, 0.05) is 5.56 Å². The van der Waals surface area contributed by atoms with Gasteiger partial charge in [0.1, 0.15) is 11.5 Å². The van der Waals surface area contributed by atoms with E-state index in [1.165, 1.54) is 10.8 Å². The highest BCUT2D eigenvalue weighted by atomic mass is 16.3. The SMILES string of the molecule is CCCNC(C)c1ccc(-c2ccc3ccccc3c2)o1. The third kappa shape index (κ3) is 3.01. The Kier molecular flexibility index (Phi) is 4.07. The van der Waals surface area contributed by atoms with Crippen LogP contribution in [0, 0.1) is 0 Å². The van der Waals surface area contributed by atoms with Gasteiger partial charge in [-0.05, 0) is 48.9 Å². The molecule has 1 aromatic heterocycles. The van der Waals surface area contributed by atoms with Crippen LogP contribution in [0.2, 0.25) is 0 Å². The van der Waals surface area contributed by atoms with Gasteiger partial charge in [0.2, 0.25) is 0 Å². The lowest BCUT2D eigenvalue weighted by atomic mass is 10.1. The second-order valence-corrected chi connectivity index (χ2v) is 5.44. The summed E-state index contributed by atoms with van der Waals surface area (Å²) in [6.45, 7) is 5.31. The van der Waals surface area contributed by atoms with E-state index in [9.17, 15) is 0 Å². The Morgan fingerprint density at radius 1 is 1.00 bits per heavy atom. The molecule has 0 fully saturated rings. The standard InChI is InChI=1S/C19H21NO/c1-3-12-20-14(2)18-10-11-19(21-18)17-9-8-15-6-4-5-7-16(15)13-17/h4-11,13-14,20H,3,12H2,1-2H3. The van der Waals surface area contributed by atoms with Crippen LogP contribution in [-0.2, 0) is 0 Å². The molecular weight excluding hydrogens is 258 g/mol. The fourth-order valence-electron chi connectivity index (χ4n) is 2.54. The predicted molar refractivity (Wildman–Crippen MR) is 88.4 cm³/mol. The van der Waals surface area contributed by atoms with Crippen molar-refractivity contribution in [3.63, 3.8) is 0 Å². The van der Waals surface area contributed by atoms with Crippen molar-refractivity contribution in [1.29, 1.82) is 0 Å². The summed E-state index contributed by atoms with van der Waals surface area (Å²) < 4.78 is 6.01. The van der Waals surface area contributed by atoms with Gasteiger partial charge in [0.25, 0.3) is 0 Å². The first-order chi connectivity index (χ1) is 10.3. The number of nitrogens with one attached hydrogen (secondary N) is 1. The molecule has 1 heterocycles. The Balaban J connectivity index is 1.87. The number of hydrogen-bond acceptors (Lipinski definition) is 2. The van der Waals surface area contributed by atoms with E-state index in [1.54, 1.807) is 0 Å². The molecule has 0 amide bonds. The normalized spacial score (nSPS) is 12.7. The molecule has 1 atom stereocenters. The van der Waals surface area contributed by atoms with Gasteiger partial charge < -0.3 is 9.73 Å². The Labute approximate surface area is 125 Å². The molecule has 3 rings (SSSR count). The summed E-state index contributed by atoms with van der Waals surface area (Å²) >= 11 is 0. The van der Waals surface area contributed by atoms with Crippen molar-refractivity contribution in [3.05, 3.63) is 60.4 Å². The first kappa shape index (κ1) is 13.9. The molecule has 1 N–H and O–H groups in total. The topological polar surface area (TPSA) is 25.2 Å². The molecule has 0 spiro atoms. The molecule has 0 radical (unpaired) electrons. The van der Waals surface area contributed by atoms with Crippen LogP contribution in [0.1, 0.15) is 32.1 Å². The third-order valence-electron chi connectivity index (χ3n) is 3.79. The molecular formula is C19H21NO. The van der Waals surface area contributed by atoms with Crippen LogP contribution in [0.5, 0.6) is 0 Å². The van der Waals surface area contributed by atoms with Gasteiger partial charge in [-0.1, -0.05) is 43.3 Å². The first-order valence-electron chi connectivity index (χ1n) is 7.60. The number of furan rings is 1. The second kappa shape index (κ2) is 6.15. The maximum absolute atomic E-state index is 6.01. The largest absolute Gasteiger partial charge is 0.459 e. The summed E-state index contributed by atoms with van der Waals surface area (Å²) in [5, 5.41) is 5.95. The Morgan fingerprint density at radius 2 is 1.81 bits per heavy atom. The Hall–Kier alpha value is -2.06. The molecule has 1 unspecified atom stereocenters. The minimum absolute atomic E-state index is 0.249. The summed E-state index contributed by atoms with van der Waals surface area (Å²) in [5.41, 5.74) is 1.13. The van der Waals surface area contributed by atoms with E-state index in [0.717, 1.165) is 30.0 Å². The smallest absolute Gasteiger partial charge is 0.134 e. The molecule has 0 aliphatic carbocycles. The number of hydrogen-bond donors (Lipinski definition) is 1. The predicted octanol–water partition coefficient (Wildman–Crippen LogP) is 5.16. The zero-order valence-corrected chi connectivity index (χ0v) is 12.6. The fourth-order valence-corrected chi connectivity index (χ4v) is 2.54. The van der Waals surface area contributed by atoms with E-state index in [0.29, 0.717) is 0 Å². The average molecular weight is 279 g/mol. The maximum Gasteiger partial charge on any atom is 0.134 e. The van der Waals surface area contributed by atoms with Crippen LogP contribution in [0.25, 0.3) is 22.1 Å². The molecule has 108 valence electrons. The van der Waals surface area contributed by atoms with E-state index < -0.39 is 0 Å². The average Bonchev–Trinajstić information content (AvgIpc) is 3.02. The lowest BCUT2D eigenvalue weighted by molar-refractivity contribution is 0.439. The minimum Gasteiger partial charge on any atom is -0.459 e. The summed E-state index contributed by atoms with van der Waals surface area (Å²) in [6.07, 6.45) is 1.13. The zero-order valence-electron chi connectivity index (χ0n) is 12.6. The lowest BCUT2D eigenvalue weighted by Gasteiger charge is -2.09. The van der Waals surface area contributed by atoms with Crippen LogP contribution >= 0.6 is 0 Å². The van der Waals surface area contributed by atoms with Crippen molar-refractivity contribution in [2.75, 3.05) is 6.54 Å². The van der Waals surface area contributed by atoms with Crippen molar-refractivity contribution in [1.82, 2.24) is 5.32 Å².